The smallest absolute Gasteiger partial charge is 0.454 e. The van der Waals surface area contributed by atoms with Gasteiger partial charge in [-0.1, -0.05) is 6.08 Å². The van der Waals surface area contributed by atoms with Crippen LogP contribution in [-0.4, -0.2) is 20.7 Å². The van der Waals surface area contributed by atoms with E-state index in [9.17, 15) is 21.6 Å². The number of alkyl halides is 3. The Hall–Kier alpha value is -1.90. The minimum atomic E-state index is -5.74. The third-order valence-corrected chi connectivity index (χ3v) is 3.37. The fourth-order valence-electron chi connectivity index (χ4n) is 1.52. The first kappa shape index (κ1) is 14.5. The number of rotatable bonds is 4. The molecule has 20 heavy (non-hydrogen) atoms. The van der Waals surface area contributed by atoms with Gasteiger partial charge in [-0.05, 0) is 12.5 Å². The van der Waals surface area contributed by atoms with E-state index in [2.05, 4.69) is 10.8 Å². The molecular weight excluding hydrogens is 301 g/mol. The molecule has 0 saturated heterocycles. The summed E-state index contributed by atoms with van der Waals surface area (Å²) in [5.41, 5.74) is -5.31. The molecule has 0 aliphatic carbocycles. The maximum absolute atomic E-state index is 12.3. The topological polar surface area (TPSA) is 61.8 Å². The Balaban J connectivity index is 2.43. The van der Waals surface area contributed by atoms with Gasteiger partial charge in [-0.15, -0.1) is 6.58 Å². The summed E-state index contributed by atoms with van der Waals surface area (Å²) in [6.45, 7) is 3.34. The lowest BCUT2D eigenvalue weighted by Gasteiger charge is -2.13. The highest BCUT2D eigenvalue weighted by atomic mass is 32.2. The predicted octanol–water partition coefficient (Wildman–Crippen LogP) is 2.37. The zero-order valence-electron chi connectivity index (χ0n) is 9.94. The van der Waals surface area contributed by atoms with Crippen LogP contribution in [0.5, 0.6) is 17.2 Å². The van der Waals surface area contributed by atoms with Crippen molar-refractivity contribution < 1.29 is 35.2 Å². The molecule has 2 rings (SSSR count). The molecule has 0 unspecified atom stereocenters. The molecule has 5 nitrogen and oxygen atoms in total. The average molecular weight is 310 g/mol. The van der Waals surface area contributed by atoms with Crippen molar-refractivity contribution in [3.8, 4) is 17.2 Å². The van der Waals surface area contributed by atoms with Crippen molar-refractivity contribution in [1.29, 1.82) is 0 Å². The van der Waals surface area contributed by atoms with Crippen molar-refractivity contribution in [2.24, 2.45) is 0 Å². The second-order valence-corrected chi connectivity index (χ2v) is 5.33. The molecule has 9 heteroatoms. The highest BCUT2D eigenvalue weighted by Gasteiger charge is 2.48. The molecular formula is C11H9F3O5S. The fraction of sp³-hybridized carbons (Fsp3) is 0.273. The number of ether oxygens (including phenoxy) is 2. The van der Waals surface area contributed by atoms with E-state index in [0.29, 0.717) is 5.75 Å². The molecule has 0 bridgehead atoms. The van der Waals surface area contributed by atoms with Crippen LogP contribution in [0.1, 0.15) is 5.56 Å². The maximum Gasteiger partial charge on any atom is 0.534 e. The van der Waals surface area contributed by atoms with Crippen LogP contribution in [0.25, 0.3) is 0 Å². The van der Waals surface area contributed by atoms with Crippen LogP contribution in [0.15, 0.2) is 24.8 Å². The van der Waals surface area contributed by atoms with Gasteiger partial charge >= 0.3 is 15.6 Å². The zero-order valence-corrected chi connectivity index (χ0v) is 10.8. The largest absolute Gasteiger partial charge is 0.534 e. The summed E-state index contributed by atoms with van der Waals surface area (Å²) in [6, 6.07) is 2.40. The molecule has 0 amide bonds. The molecule has 0 N–H and O–H groups in total. The number of benzene rings is 1. The standard InChI is InChI=1S/C11H9F3O5S/c1-2-3-7-4-9-10(18-6-17-9)5-8(7)19-20(15,16)11(12,13)14/h2,4-5H,1,3,6H2. The van der Waals surface area contributed by atoms with E-state index in [1.165, 1.54) is 12.1 Å². The number of hydrogen-bond donors (Lipinski definition) is 0. The Labute approximate surface area is 112 Å². The van der Waals surface area contributed by atoms with E-state index < -0.39 is 21.4 Å². The molecule has 1 heterocycles. The third-order valence-electron chi connectivity index (χ3n) is 2.40. The number of allylic oxidation sites excluding steroid dienone is 1. The lowest BCUT2D eigenvalue weighted by atomic mass is 10.1. The van der Waals surface area contributed by atoms with Crippen molar-refractivity contribution in [2.45, 2.75) is 11.9 Å². The van der Waals surface area contributed by atoms with Crippen molar-refractivity contribution in [2.75, 3.05) is 6.79 Å². The van der Waals surface area contributed by atoms with E-state index in [1.807, 2.05) is 0 Å². The quantitative estimate of drug-likeness (QED) is 0.485. The van der Waals surface area contributed by atoms with Crippen molar-refractivity contribution in [3.63, 3.8) is 0 Å². The van der Waals surface area contributed by atoms with Crippen LogP contribution in [0.4, 0.5) is 13.2 Å². The van der Waals surface area contributed by atoms with Gasteiger partial charge in [-0.3, -0.25) is 0 Å². The lowest BCUT2D eigenvalue weighted by molar-refractivity contribution is -0.0500. The lowest BCUT2D eigenvalue weighted by Crippen LogP contribution is -2.28. The molecule has 0 fully saturated rings. The van der Waals surface area contributed by atoms with Gasteiger partial charge in [0, 0.05) is 11.6 Å². The molecule has 1 aromatic carbocycles. The van der Waals surface area contributed by atoms with Gasteiger partial charge in [0.25, 0.3) is 0 Å². The summed E-state index contributed by atoms with van der Waals surface area (Å²) in [5.74, 6) is -0.0460. The summed E-state index contributed by atoms with van der Waals surface area (Å²) < 4.78 is 73.2. The van der Waals surface area contributed by atoms with Gasteiger partial charge in [-0.25, -0.2) is 0 Å². The highest BCUT2D eigenvalue weighted by Crippen LogP contribution is 2.40. The van der Waals surface area contributed by atoms with Gasteiger partial charge < -0.3 is 13.7 Å². The molecule has 0 spiro atoms. The molecule has 0 atom stereocenters. The molecule has 1 aliphatic rings. The normalized spacial score (nSPS) is 14.2. The van der Waals surface area contributed by atoms with Crippen LogP contribution in [-0.2, 0) is 16.5 Å². The summed E-state index contributed by atoms with van der Waals surface area (Å²) >= 11 is 0. The van der Waals surface area contributed by atoms with Crippen molar-refractivity contribution in [1.82, 2.24) is 0 Å². The second kappa shape index (κ2) is 4.89. The van der Waals surface area contributed by atoms with Gasteiger partial charge in [-0.2, -0.15) is 21.6 Å². The Morgan fingerprint density at radius 1 is 1.30 bits per heavy atom. The first-order valence-electron chi connectivity index (χ1n) is 5.29. The maximum atomic E-state index is 12.3. The fourth-order valence-corrected chi connectivity index (χ4v) is 2.01. The van der Waals surface area contributed by atoms with Crippen molar-refractivity contribution in [3.05, 3.63) is 30.4 Å². The number of fused-ring (bicyclic) bond motifs is 1. The van der Waals surface area contributed by atoms with Crippen molar-refractivity contribution >= 4 is 10.1 Å². The Morgan fingerprint density at radius 2 is 1.90 bits per heavy atom. The van der Waals surface area contributed by atoms with Crippen LogP contribution in [0.3, 0.4) is 0 Å². The van der Waals surface area contributed by atoms with Crippen LogP contribution in [0.2, 0.25) is 0 Å². The van der Waals surface area contributed by atoms with Gasteiger partial charge in [0.15, 0.2) is 11.5 Å². The Bertz CT molecular complexity index is 636. The summed E-state index contributed by atoms with van der Waals surface area (Å²) in [7, 11) is -5.74. The van der Waals surface area contributed by atoms with E-state index in [-0.39, 0.29) is 24.5 Å². The van der Waals surface area contributed by atoms with E-state index in [4.69, 9.17) is 9.47 Å². The first-order valence-corrected chi connectivity index (χ1v) is 6.69. The SMILES string of the molecule is C=CCc1cc2c(cc1OS(=O)(=O)C(F)(F)F)OCO2. The summed E-state index contributed by atoms with van der Waals surface area (Å²) in [6.07, 6.45) is 1.50. The van der Waals surface area contributed by atoms with Crippen LogP contribution >= 0.6 is 0 Å². The van der Waals surface area contributed by atoms with E-state index in [1.54, 1.807) is 0 Å². The molecule has 0 radical (unpaired) electrons. The Morgan fingerprint density at radius 3 is 2.45 bits per heavy atom. The van der Waals surface area contributed by atoms with Crippen LogP contribution in [0, 0.1) is 0 Å². The highest BCUT2D eigenvalue weighted by molar-refractivity contribution is 7.88. The minimum absolute atomic E-state index is 0.0989. The van der Waals surface area contributed by atoms with Gasteiger partial charge in [0.05, 0.1) is 0 Å². The van der Waals surface area contributed by atoms with Crippen LogP contribution < -0.4 is 13.7 Å². The molecule has 0 aromatic heterocycles. The molecule has 1 aliphatic heterocycles. The minimum Gasteiger partial charge on any atom is -0.454 e. The molecule has 1 aromatic rings. The second-order valence-electron chi connectivity index (χ2n) is 3.79. The molecule has 0 saturated carbocycles. The number of halogens is 3. The first-order chi connectivity index (χ1) is 9.24. The summed E-state index contributed by atoms with van der Waals surface area (Å²) in [5, 5.41) is 0. The van der Waals surface area contributed by atoms with Gasteiger partial charge in [0.2, 0.25) is 6.79 Å². The molecule has 110 valence electrons. The van der Waals surface area contributed by atoms with Gasteiger partial charge in [0.1, 0.15) is 5.75 Å². The average Bonchev–Trinajstić information content (AvgIpc) is 2.74. The third kappa shape index (κ3) is 2.67. The predicted molar refractivity (Wildman–Crippen MR) is 62.1 cm³/mol. The Kier molecular flexibility index (Phi) is 3.55. The summed E-state index contributed by atoms with van der Waals surface area (Å²) in [4.78, 5) is 0. The van der Waals surface area contributed by atoms with E-state index in [0.717, 1.165) is 6.07 Å². The zero-order chi connectivity index (χ0) is 15.0. The van der Waals surface area contributed by atoms with E-state index >= 15 is 0 Å². The monoisotopic (exact) mass is 310 g/mol. The number of hydrogen-bond acceptors (Lipinski definition) is 5.